The molecule has 186 valence electrons. The molecule has 5 heteroatoms. The van der Waals surface area contributed by atoms with E-state index in [0.717, 1.165) is 47.7 Å². The van der Waals surface area contributed by atoms with Gasteiger partial charge in [-0.2, -0.15) is 0 Å². The first kappa shape index (κ1) is 24.1. The zero-order chi connectivity index (χ0) is 25.2. The van der Waals surface area contributed by atoms with Gasteiger partial charge in [-0.1, -0.05) is 62.4 Å². The smallest absolute Gasteiger partial charge is 0.260 e. The van der Waals surface area contributed by atoms with E-state index in [0.29, 0.717) is 18.8 Å². The number of benzene rings is 3. The van der Waals surface area contributed by atoms with E-state index < -0.39 is 0 Å². The molecule has 0 aromatic heterocycles. The number of nitrogens with zero attached hydrogens (tertiary/aromatic N) is 3. The lowest BCUT2D eigenvalue weighted by molar-refractivity contribution is -0.118. The SMILES string of the molecule is CCC(=O)N(c1ccccc1)[C@@H]1C[C@H](C)N(C(=O)c2ccccc2N2CCC(C)C2)c2ccccc21. The fraction of sp³-hybridized carbons (Fsp3) is 0.355. The van der Waals surface area contributed by atoms with Crippen molar-refractivity contribution >= 4 is 28.9 Å². The van der Waals surface area contributed by atoms with E-state index in [1.807, 2.05) is 83.5 Å². The fourth-order valence-electron chi connectivity index (χ4n) is 5.81. The number of para-hydroxylation sites is 3. The average Bonchev–Trinajstić information content (AvgIpc) is 3.35. The minimum Gasteiger partial charge on any atom is -0.371 e. The van der Waals surface area contributed by atoms with Gasteiger partial charge in [0.15, 0.2) is 0 Å². The van der Waals surface area contributed by atoms with Crippen LogP contribution in [-0.4, -0.2) is 30.9 Å². The molecule has 1 fully saturated rings. The van der Waals surface area contributed by atoms with E-state index in [1.54, 1.807) is 0 Å². The lowest BCUT2D eigenvalue weighted by Crippen LogP contribution is -2.48. The van der Waals surface area contributed by atoms with Gasteiger partial charge in [-0.25, -0.2) is 0 Å². The summed E-state index contributed by atoms with van der Waals surface area (Å²) in [6.07, 6.45) is 2.24. The molecular weight excluding hydrogens is 446 g/mol. The number of amides is 2. The topological polar surface area (TPSA) is 43.9 Å². The minimum absolute atomic E-state index is 0.0247. The maximum atomic E-state index is 14.2. The lowest BCUT2D eigenvalue weighted by atomic mass is 9.89. The van der Waals surface area contributed by atoms with Crippen molar-refractivity contribution in [1.29, 1.82) is 0 Å². The number of fused-ring (bicyclic) bond motifs is 1. The van der Waals surface area contributed by atoms with Crippen molar-refractivity contribution < 1.29 is 9.59 Å². The second-order valence-electron chi connectivity index (χ2n) is 10.1. The molecule has 36 heavy (non-hydrogen) atoms. The second kappa shape index (κ2) is 10.2. The molecular formula is C31H35N3O2. The van der Waals surface area contributed by atoms with Crippen LogP contribution in [0, 0.1) is 5.92 Å². The Bertz CT molecular complexity index is 1240. The number of hydrogen-bond donors (Lipinski definition) is 0. The summed E-state index contributed by atoms with van der Waals surface area (Å²) >= 11 is 0. The molecule has 5 rings (SSSR count). The van der Waals surface area contributed by atoms with E-state index in [1.165, 1.54) is 0 Å². The molecule has 1 unspecified atom stereocenters. The lowest BCUT2D eigenvalue weighted by Gasteiger charge is -2.44. The molecule has 0 bridgehead atoms. The van der Waals surface area contributed by atoms with Crippen LogP contribution in [0.3, 0.4) is 0 Å². The van der Waals surface area contributed by atoms with Gasteiger partial charge in [0.05, 0.1) is 11.6 Å². The molecule has 5 nitrogen and oxygen atoms in total. The summed E-state index contributed by atoms with van der Waals surface area (Å²) in [6.45, 7) is 8.22. The van der Waals surface area contributed by atoms with E-state index in [9.17, 15) is 9.59 Å². The number of anilines is 3. The van der Waals surface area contributed by atoms with Gasteiger partial charge in [-0.05, 0) is 61.6 Å². The van der Waals surface area contributed by atoms with E-state index in [-0.39, 0.29) is 23.9 Å². The molecule has 3 aromatic rings. The maximum Gasteiger partial charge on any atom is 0.260 e. The van der Waals surface area contributed by atoms with E-state index >= 15 is 0 Å². The van der Waals surface area contributed by atoms with Gasteiger partial charge in [0, 0.05) is 42.6 Å². The average molecular weight is 482 g/mol. The Balaban J connectivity index is 1.55. The van der Waals surface area contributed by atoms with Gasteiger partial charge < -0.3 is 14.7 Å². The monoisotopic (exact) mass is 481 g/mol. The Morgan fingerprint density at radius 2 is 1.56 bits per heavy atom. The Kier molecular flexibility index (Phi) is 6.82. The molecule has 2 aliphatic heterocycles. The van der Waals surface area contributed by atoms with Crippen LogP contribution >= 0.6 is 0 Å². The molecule has 0 spiro atoms. The summed E-state index contributed by atoms with van der Waals surface area (Å²) in [5.74, 6) is 0.738. The Labute approximate surface area is 214 Å². The third-order valence-electron chi connectivity index (χ3n) is 7.60. The van der Waals surface area contributed by atoms with Crippen LogP contribution in [0.2, 0.25) is 0 Å². The molecule has 0 aliphatic carbocycles. The van der Waals surface area contributed by atoms with Crippen LogP contribution in [0.5, 0.6) is 0 Å². The quantitative estimate of drug-likeness (QED) is 0.420. The van der Waals surface area contributed by atoms with Gasteiger partial charge in [0.1, 0.15) is 0 Å². The third kappa shape index (κ3) is 4.39. The molecule has 0 saturated carbocycles. The third-order valence-corrected chi connectivity index (χ3v) is 7.60. The standard InChI is InChI=1S/C31H35N3O2/c1-4-30(35)34(24-12-6-5-7-13-24)29-20-23(3)33(28-17-11-8-14-25(28)29)31(36)26-15-9-10-16-27(26)32-19-18-22(2)21-32/h5-17,22-23,29H,4,18-21H2,1-3H3/t22?,23-,29+/m0/s1. The van der Waals surface area contributed by atoms with E-state index in [2.05, 4.69) is 30.9 Å². The summed E-state index contributed by atoms with van der Waals surface area (Å²) in [5.41, 5.74) is 4.56. The fourth-order valence-corrected chi connectivity index (χ4v) is 5.81. The highest BCUT2D eigenvalue weighted by Gasteiger charge is 2.39. The molecule has 0 N–H and O–H groups in total. The van der Waals surface area contributed by atoms with Gasteiger partial charge >= 0.3 is 0 Å². The first-order chi connectivity index (χ1) is 17.5. The van der Waals surface area contributed by atoms with Crippen molar-refractivity contribution in [3.63, 3.8) is 0 Å². The summed E-state index contributed by atoms with van der Waals surface area (Å²) in [5, 5.41) is 0. The number of carbonyl (C=O) groups is 2. The highest BCUT2D eigenvalue weighted by Crippen LogP contribution is 2.43. The second-order valence-corrected chi connectivity index (χ2v) is 10.1. The van der Waals surface area contributed by atoms with Crippen LogP contribution in [0.1, 0.15) is 62.0 Å². The van der Waals surface area contributed by atoms with Crippen molar-refractivity contribution in [3.05, 3.63) is 90.0 Å². The Morgan fingerprint density at radius 3 is 2.25 bits per heavy atom. The van der Waals surface area contributed by atoms with Gasteiger partial charge in [-0.15, -0.1) is 0 Å². The van der Waals surface area contributed by atoms with Crippen LogP contribution in [0.15, 0.2) is 78.9 Å². The predicted octanol–water partition coefficient (Wildman–Crippen LogP) is 6.46. The molecule has 3 atom stereocenters. The zero-order valence-corrected chi connectivity index (χ0v) is 21.4. The summed E-state index contributed by atoms with van der Waals surface area (Å²) in [4.78, 5) is 33.6. The number of carbonyl (C=O) groups excluding carboxylic acids is 2. The Hall–Kier alpha value is -3.60. The van der Waals surface area contributed by atoms with Crippen LogP contribution < -0.4 is 14.7 Å². The highest BCUT2D eigenvalue weighted by molar-refractivity contribution is 6.11. The first-order valence-corrected chi connectivity index (χ1v) is 13.1. The van der Waals surface area contributed by atoms with Crippen LogP contribution in [-0.2, 0) is 4.79 Å². The minimum atomic E-state index is -0.134. The molecule has 0 radical (unpaired) electrons. The normalized spacial score (nSPS) is 21.2. The van der Waals surface area contributed by atoms with Crippen molar-refractivity contribution in [2.45, 2.75) is 52.1 Å². The predicted molar refractivity (Wildman–Crippen MR) is 147 cm³/mol. The highest BCUT2D eigenvalue weighted by atomic mass is 16.2. The molecule has 1 saturated heterocycles. The zero-order valence-electron chi connectivity index (χ0n) is 21.4. The van der Waals surface area contributed by atoms with Crippen molar-refractivity contribution in [3.8, 4) is 0 Å². The number of hydrogen-bond acceptors (Lipinski definition) is 3. The van der Waals surface area contributed by atoms with Gasteiger partial charge in [0.2, 0.25) is 5.91 Å². The molecule has 2 amide bonds. The van der Waals surface area contributed by atoms with E-state index in [4.69, 9.17) is 0 Å². The van der Waals surface area contributed by atoms with Crippen molar-refractivity contribution in [2.75, 3.05) is 27.8 Å². The van der Waals surface area contributed by atoms with Crippen molar-refractivity contribution in [1.82, 2.24) is 0 Å². The molecule has 2 heterocycles. The van der Waals surface area contributed by atoms with Gasteiger partial charge in [-0.3, -0.25) is 9.59 Å². The summed E-state index contributed by atoms with van der Waals surface area (Å²) in [7, 11) is 0. The summed E-state index contributed by atoms with van der Waals surface area (Å²) in [6, 6.07) is 25.8. The van der Waals surface area contributed by atoms with Gasteiger partial charge in [0.25, 0.3) is 5.91 Å². The molecule has 2 aliphatic rings. The number of rotatable bonds is 5. The molecule has 3 aromatic carbocycles. The first-order valence-electron chi connectivity index (χ1n) is 13.1. The van der Waals surface area contributed by atoms with Crippen LogP contribution in [0.4, 0.5) is 17.1 Å². The maximum absolute atomic E-state index is 14.2. The van der Waals surface area contributed by atoms with Crippen molar-refractivity contribution in [2.24, 2.45) is 5.92 Å². The van der Waals surface area contributed by atoms with Crippen LogP contribution in [0.25, 0.3) is 0 Å². The largest absolute Gasteiger partial charge is 0.371 e. The summed E-state index contributed by atoms with van der Waals surface area (Å²) < 4.78 is 0. The Morgan fingerprint density at radius 1 is 0.889 bits per heavy atom.